The molecule has 1 N–H and O–H groups in total. The van der Waals surface area contributed by atoms with Gasteiger partial charge in [0.2, 0.25) is 0 Å². The number of sulfonamides is 1. The summed E-state index contributed by atoms with van der Waals surface area (Å²) >= 11 is 0. The molecule has 2 rings (SSSR count). The Morgan fingerprint density at radius 1 is 1.16 bits per heavy atom. The van der Waals surface area contributed by atoms with Gasteiger partial charge >= 0.3 is 5.97 Å². The first-order valence-corrected chi connectivity index (χ1v) is 9.02. The van der Waals surface area contributed by atoms with E-state index < -0.39 is 16.0 Å². The maximum absolute atomic E-state index is 12.9. The average Bonchev–Trinajstić information content (AvgIpc) is 2.61. The predicted molar refractivity (Wildman–Crippen MR) is 95.4 cm³/mol. The molecule has 0 radical (unpaired) electrons. The summed E-state index contributed by atoms with van der Waals surface area (Å²) in [7, 11) is -3.89. The normalized spacial score (nSPS) is 10.9. The molecule has 0 aliphatic carbocycles. The number of aliphatic carboxylic acids is 1. The minimum atomic E-state index is -3.89. The van der Waals surface area contributed by atoms with Crippen LogP contribution in [0, 0.1) is 0 Å². The van der Waals surface area contributed by atoms with E-state index in [0.717, 1.165) is 4.31 Å². The lowest BCUT2D eigenvalue weighted by atomic mass is 10.3. The van der Waals surface area contributed by atoms with Crippen LogP contribution in [0.2, 0.25) is 0 Å². The first-order valence-electron chi connectivity index (χ1n) is 7.58. The van der Waals surface area contributed by atoms with Crippen molar-refractivity contribution in [2.24, 2.45) is 0 Å². The van der Waals surface area contributed by atoms with Gasteiger partial charge < -0.3 is 9.84 Å². The van der Waals surface area contributed by atoms with Crippen molar-refractivity contribution in [3.8, 4) is 5.75 Å². The molecule has 0 aliphatic rings. The molecule has 0 atom stereocenters. The molecule has 0 bridgehead atoms. The van der Waals surface area contributed by atoms with Crippen LogP contribution < -0.4 is 9.04 Å². The van der Waals surface area contributed by atoms with Crippen molar-refractivity contribution in [2.75, 3.05) is 17.5 Å². The van der Waals surface area contributed by atoms with Crippen LogP contribution in [-0.2, 0) is 14.8 Å². The molecule has 0 heterocycles. The SMILES string of the molecule is C=CCOc1cccc(N(CCC(=O)O)S(=O)(=O)c2ccccc2)c1. The molecule has 0 unspecified atom stereocenters. The summed E-state index contributed by atoms with van der Waals surface area (Å²) in [6, 6.07) is 14.4. The van der Waals surface area contributed by atoms with Crippen LogP contribution >= 0.6 is 0 Å². The zero-order valence-electron chi connectivity index (χ0n) is 13.5. The van der Waals surface area contributed by atoms with Gasteiger partial charge in [-0.3, -0.25) is 9.10 Å². The van der Waals surface area contributed by atoms with E-state index in [2.05, 4.69) is 6.58 Å². The zero-order valence-corrected chi connectivity index (χ0v) is 14.4. The van der Waals surface area contributed by atoms with Crippen LogP contribution in [0.1, 0.15) is 6.42 Å². The maximum atomic E-state index is 12.9. The van der Waals surface area contributed by atoms with Crippen molar-refractivity contribution in [2.45, 2.75) is 11.3 Å². The van der Waals surface area contributed by atoms with E-state index >= 15 is 0 Å². The van der Waals surface area contributed by atoms with Gasteiger partial charge in [-0.1, -0.05) is 36.9 Å². The number of anilines is 1. The third kappa shape index (κ3) is 4.84. The summed E-state index contributed by atoms with van der Waals surface area (Å²) in [6.45, 7) is 3.66. The molecule has 25 heavy (non-hydrogen) atoms. The van der Waals surface area contributed by atoms with Crippen LogP contribution in [0.4, 0.5) is 5.69 Å². The molecule has 0 aromatic heterocycles. The first-order chi connectivity index (χ1) is 11.9. The van der Waals surface area contributed by atoms with E-state index in [0.29, 0.717) is 11.4 Å². The van der Waals surface area contributed by atoms with Crippen LogP contribution in [0.25, 0.3) is 0 Å². The predicted octanol–water partition coefficient (Wildman–Crippen LogP) is 2.92. The van der Waals surface area contributed by atoms with Gasteiger partial charge in [-0.05, 0) is 24.3 Å². The molecule has 0 saturated heterocycles. The number of ether oxygens (including phenoxy) is 1. The van der Waals surface area contributed by atoms with E-state index in [1.807, 2.05) is 0 Å². The minimum Gasteiger partial charge on any atom is -0.489 e. The van der Waals surface area contributed by atoms with Crippen LogP contribution in [0.3, 0.4) is 0 Å². The number of carbonyl (C=O) groups is 1. The van der Waals surface area contributed by atoms with Crippen molar-refractivity contribution >= 4 is 21.7 Å². The van der Waals surface area contributed by atoms with Crippen molar-refractivity contribution < 1.29 is 23.1 Å². The number of hydrogen-bond donors (Lipinski definition) is 1. The second kappa shape index (κ2) is 8.34. The number of rotatable bonds is 9. The van der Waals surface area contributed by atoms with Gasteiger partial charge in [0, 0.05) is 12.6 Å². The number of carboxylic acids is 1. The highest BCUT2D eigenvalue weighted by Gasteiger charge is 2.25. The Bertz CT molecular complexity index is 834. The molecule has 6 nitrogen and oxygen atoms in total. The van der Waals surface area contributed by atoms with E-state index in [1.54, 1.807) is 48.5 Å². The summed E-state index contributed by atoms with van der Waals surface area (Å²) in [5.74, 6) is -0.603. The fourth-order valence-electron chi connectivity index (χ4n) is 2.19. The van der Waals surface area contributed by atoms with Gasteiger partial charge in [0.25, 0.3) is 10.0 Å². The molecule has 2 aromatic carbocycles. The molecule has 0 saturated carbocycles. The highest BCUT2D eigenvalue weighted by Crippen LogP contribution is 2.27. The van der Waals surface area contributed by atoms with Crippen LogP contribution in [0.5, 0.6) is 5.75 Å². The maximum Gasteiger partial charge on any atom is 0.305 e. The Balaban J connectivity index is 2.42. The fourth-order valence-corrected chi connectivity index (χ4v) is 3.67. The van der Waals surface area contributed by atoms with Gasteiger partial charge in [-0.15, -0.1) is 0 Å². The van der Waals surface area contributed by atoms with Gasteiger partial charge in [0.1, 0.15) is 12.4 Å². The summed E-state index contributed by atoms with van der Waals surface area (Å²) < 4.78 is 32.4. The summed E-state index contributed by atoms with van der Waals surface area (Å²) in [5.41, 5.74) is 0.340. The molecular formula is C18H19NO5S. The monoisotopic (exact) mass is 361 g/mol. The topological polar surface area (TPSA) is 83.9 Å². The van der Waals surface area contributed by atoms with Crippen molar-refractivity contribution in [1.82, 2.24) is 0 Å². The average molecular weight is 361 g/mol. The second-order valence-electron chi connectivity index (χ2n) is 5.13. The highest BCUT2D eigenvalue weighted by molar-refractivity contribution is 7.92. The Kier molecular flexibility index (Phi) is 6.19. The first kappa shape index (κ1) is 18.5. The van der Waals surface area contributed by atoms with Gasteiger partial charge in [0.15, 0.2) is 0 Å². The third-order valence-electron chi connectivity index (χ3n) is 3.33. The Morgan fingerprint density at radius 2 is 1.88 bits per heavy atom. The van der Waals surface area contributed by atoms with Gasteiger partial charge in [-0.2, -0.15) is 0 Å². The molecule has 0 amide bonds. The molecule has 132 valence electrons. The molecule has 7 heteroatoms. The van der Waals surface area contributed by atoms with Crippen molar-refractivity contribution in [1.29, 1.82) is 0 Å². The van der Waals surface area contributed by atoms with Crippen molar-refractivity contribution in [3.05, 3.63) is 67.3 Å². The molecule has 2 aromatic rings. The van der Waals surface area contributed by atoms with E-state index in [-0.39, 0.29) is 24.5 Å². The van der Waals surface area contributed by atoms with Crippen molar-refractivity contribution in [3.63, 3.8) is 0 Å². The minimum absolute atomic E-state index is 0.0952. The standard InChI is InChI=1S/C18H19NO5S/c1-2-13-24-16-8-6-7-15(14-16)19(12-11-18(20)21)25(22,23)17-9-4-3-5-10-17/h2-10,14H,1,11-13H2,(H,20,21). The number of nitrogens with zero attached hydrogens (tertiary/aromatic N) is 1. The van der Waals surface area contributed by atoms with Gasteiger partial charge in [-0.25, -0.2) is 8.42 Å². The van der Waals surface area contributed by atoms with E-state index in [4.69, 9.17) is 9.84 Å². The lowest BCUT2D eigenvalue weighted by Gasteiger charge is -2.24. The highest BCUT2D eigenvalue weighted by atomic mass is 32.2. The molecular weight excluding hydrogens is 342 g/mol. The van der Waals surface area contributed by atoms with Crippen LogP contribution in [-0.4, -0.2) is 32.6 Å². The molecule has 0 aliphatic heterocycles. The summed E-state index contributed by atoms with van der Waals surface area (Å²) in [6.07, 6.45) is 1.26. The summed E-state index contributed by atoms with van der Waals surface area (Å²) in [4.78, 5) is 11.0. The largest absolute Gasteiger partial charge is 0.489 e. The fraction of sp³-hybridized carbons (Fsp3) is 0.167. The smallest absolute Gasteiger partial charge is 0.305 e. The Hall–Kier alpha value is -2.80. The lowest BCUT2D eigenvalue weighted by Crippen LogP contribution is -2.33. The van der Waals surface area contributed by atoms with E-state index in [1.165, 1.54) is 12.1 Å². The molecule has 0 spiro atoms. The lowest BCUT2D eigenvalue weighted by molar-refractivity contribution is -0.136. The quantitative estimate of drug-likeness (QED) is 0.694. The Morgan fingerprint density at radius 3 is 2.52 bits per heavy atom. The molecule has 0 fully saturated rings. The third-order valence-corrected chi connectivity index (χ3v) is 5.17. The van der Waals surface area contributed by atoms with Crippen LogP contribution in [0.15, 0.2) is 72.1 Å². The van der Waals surface area contributed by atoms with E-state index in [9.17, 15) is 13.2 Å². The number of carboxylic acid groups (broad SMARTS) is 1. The zero-order chi connectivity index (χ0) is 18.3. The van der Waals surface area contributed by atoms with Gasteiger partial charge in [0.05, 0.1) is 17.0 Å². The summed E-state index contributed by atoms with van der Waals surface area (Å²) in [5, 5.41) is 8.96. The number of hydrogen-bond acceptors (Lipinski definition) is 4. The number of benzene rings is 2. The Labute approximate surface area is 147 Å². The second-order valence-corrected chi connectivity index (χ2v) is 6.99.